The maximum absolute atomic E-state index is 12.6. The van der Waals surface area contributed by atoms with Crippen LogP contribution in [-0.2, 0) is 4.79 Å². The van der Waals surface area contributed by atoms with Crippen LogP contribution in [-0.4, -0.2) is 36.3 Å². The van der Waals surface area contributed by atoms with Gasteiger partial charge in [0.15, 0.2) is 0 Å². The number of nitrogens with one attached hydrogen (secondary N) is 1. The number of aromatic nitrogens is 5. The van der Waals surface area contributed by atoms with Crippen molar-refractivity contribution in [3.8, 4) is 17.1 Å². The van der Waals surface area contributed by atoms with Crippen LogP contribution in [0.15, 0.2) is 65.8 Å². The van der Waals surface area contributed by atoms with Crippen molar-refractivity contribution in [2.45, 2.75) is 19.0 Å². The second-order valence-electron chi connectivity index (χ2n) is 6.74. The van der Waals surface area contributed by atoms with Gasteiger partial charge in [0.25, 0.3) is 5.95 Å². The van der Waals surface area contributed by atoms with Crippen LogP contribution < -0.4 is 11.2 Å². The number of anilines is 1. The molecule has 0 radical (unpaired) electrons. The van der Waals surface area contributed by atoms with E-state index in [0.717, 1.165) is 28.2 Å². The molecular weight excluding hydrogens is 398 g/mol. The summed E-state index contributed by atoms with van der Waals surface area (Å²) in [5.74, 6) is 6.53. The van der Waals surface area contributed by atoms with Crippen molar-refractivity contribution in [1.82, 2.24) is 24.7 Å². The van der Waals surface area contributed by atoms with Crippen LogP contribution in [0.2, 0.25) is 0 Å². The summed E-state index contributed by atoms with van der Waals surface area (Å²) in [7, 11) is 0. The first-order valence-electron chi connectivity index (χ1n) is 9.34. The number of benzene rings is 2. The van der Waals surface area contributed by atoms with Gasteiger partial charge in [-0.3, -0.25) is 4.79 Å². The third-order valence-corrected chi connectivity index (χ3v) is 5.41. The van der Waals surface area contributed by atoms with Crippen LogP contribution in [0.5, 0.6) is 0 Å². The molecule has 0 fully saturated rings. The van der Waals surface area contributed by atoms with Crippen molar-refractivity contribution >= 4 is 23.4 Å². The molecule has 0 unspecified atom stereocenters. The first-order chi connectivity index (χ1) is 14.5. The summed E-state index contributed by atoms with van der Waals surface area (Å²) in [6.07, 6.45) is 0. The molecule has 4 aromatic rings. The number of rotatable bonds is 6. The van der Waals surface area contributed by atoms with Gasteiger partial charge in [0, 0.05) is 16.9 Å². The van der Waals surface area contributed by atoms with E-state index in [4.69, 9.17) is 5.84 Å². The molecule has 3 N–H and O–H groups in total. The van der Waals surface area contributed by atoms with E-state index in [2.05, 4.69) is 20.6 Å². The second-order valence-corrected chi connectivity index (χ2v) is 7.68. The Morgan fingerprint density at radius 3 is 2.53 bits per heavy atom. The Kier molecular flexibility index (Phi) is 5.53. The number of amides is 1. The quantitative estimate of drug-likeness (QED) is 0.367. The van der Waals surface area contributed by atoms with E-state index in [0.29, 0.717) is 11.1 Å². The Bertz CT molecular complexity index is 1180. The smallest absolute Gasteiger partial charge is 0.271 e. The molecule has 2 heterocycles. The SMILES string of the molecule is Cc1cc(C)n(-c2nnc(SCC(=O)Nc3ccccc3-c3ccccc3)n2N)n1. The van der Waals surface area contributed by atoms with E-state index in [1.807, 2.05) is 74.5 Å². The maximum Gasteiger partial charge on any atom is 0.271 e. The number of carbonyl (C=O) groups is 1. The molecule has 30 heavy (non-hydrogen) atoms. The Morgan fingerprint density at radius 1 is 1.07 bits per heavy atom. The number of thioether (sulfide) groups is 1. The average Bonchev–Trinajstić information content (AvgIpc) is 3.28. The van der Waals surface area contributed by atoms with Gasteiger partial charge in [-0.05, 0) is 31.5 Å². The monoisotopic (exact) mass is 419 g/mol. The van der Waals surface area contributed by atoms with E-state index < -0.39 is 0 Å². The normalized spacial score (nSPS) is 10.9. The Balaban J connectivity index is 1.45. The number of nitrogen functional groups attached to an aromatic ring is 1. The van der Waals surface area contributed by atoms with E-state index in [-0.39, 0.29) is 11.7 Å². The molecule has 0 aliphatic carbocycles. The lowest BCUT2D eigenvalue weighted by molar-refractivity contribution is -0.113. The zero-order valence-corrected chi connectivity index (χ0v) is 17.4. The van der Waals surface area contributed by atoms with E-state index in [1.165, 1.54) is 16.4 Å². The fourth-order valence-electron chi connectivity index (χ4n) is 3.12. The van der Waals surface area contributed by atoms with Crippen molar-refractivity contribution in [1.29, 1.82) is 0 Å². The highest BCUT2D eigenvalue weighted by molar-refractivity contribution is 7.99. The van der Waals surface area contributed by atoms with Crippen molar-refractivity contribution in [2.75, 3.05) is 16.9 Å². The summed E-state index contributed by atoms with van der Waals surface area (Å²) < 4.78 is 2.97. The molecule has 8 nitrogen and oxygen atoms in total. The van der Waals surface area contributed by atoms with Crippen LogP contribution in [0.4, 0.5) is 5.69 Å². The second kappa shape index (κ2) is 8.42. The minimum Gasteiger partial charge on any atom is -0.334 e. The van der Waals surface area contributed by atoms with Crippen LogP contribution >= 0.6 is 11.8 Å². The number of hydrogen-bond donors (Lipinski definition) is 2. The third-order valence-electron chi connectivity index (χ3n) is 4.46. The molecule has 0 saturated carbocycles. The predicted octanol–water partition coefficient (Wildman–Crippen LogP) is 3.19. The van der Waals surface area contributed by atoms with Crippen molar-refractivity contribution in [2.24, 2.45) is 0 Å². The lowest BCUT2D eigenvalue weighted by Crippen LogP contribution is -2.19. The lowest BCUT2D eigenvalue weighted by Gasteiger charge is -2.11. The number of para-hydroxylation sites is 1. The van der Waals surface area contributed by atoms with Gasteiger partial charge in [0.1, 0.15) is 0 Å². The van der Waals surface area contributed by atoms with Gasteiger partial charge in [0.05, 0.1) is 11.4 Å². The van der Waals surface area contributed by atoms with E-state index >= 15 is 0 Å². The van der Waals surface area contributed by atoms with Crippen molar-refractivity contribution in [3.63, 3.8) is 0 Å². The highest BCUT2D eigenvalue weighted by Crippen LogP contribution is 2.28. The zero-order chi connectivity index (χ0) is 21.1. The molecule has 0 atom stereocenters. The molecule has 2 aromatic heterocycles. The van der Waals surface area contributed by atoms with Crippen molar-refractivity contribution < 1.29 is 4.79 Å². The number of carbonyl (C=O) groups excluding carboxylic acids is 1. The molecular formula is C21H21N7OS. The summed E-state index contributed by atoms with van der Waals surface area (Å²) >= 11 is 1.22. The summed E-state index contributed by atoms with van der Waals surface area (Å²) in [5, 5.41) is 16.0. The fraction of sp³-hybridized carbons (Fsp3) is 0.143. The molecule has 4 rings (SSSR count). The molecule has 1 amide bonds. The van der Waals surface area contributed by atoms with Gasteiger partial charge in [0.2, 0.25) is 11.1 Å². The van der Waals surface area contributed by atoms with Gasteiger partial charge in [-0.1, -0.05) is 60.3 Å². The maximum atomic E-state index is 12.6. The number of nitrogens with zero attached hydrogens (tertiary/aromatic N) is 5. The molecule has 0 aliphatic heterocycles. The summed E-state index contributed by atoms with van der Waals surface area (Å²) in [6.45, 7) is 3.81. The van der Waals surface area contributed by atoms with Crippen LogP contribution in [0.25, 0.3) is 17.1 Å². The standard InChI is InChI=1S/C21H21N7OS/c1-14-12-15(2)28(26-14)20-24-25-21(27(20)22)30-13-19(29)23-18-11-7-6-10-17(18)16-8-4-3-5-9-16/h3-12H,13,22H2,1-2H3,(H,23,29). The van der Waals surface area contributed by atoms with Gasteiger partial charge >= 0.3 is 0 Å². The van der Waals surface area contributed by atoms with Gasteiger partial charge in [-0.25, -0.2) is 9.36 Å². The Hall–Kier alpha value is -3.59. The van der Waals surface area contributed by atoms with E-state index in [9.17, 15) is 4.79 Å². The topological polar surface area (TPSA) is 104 Å². The summed E-state index contributed by atoms with van der Waals surface area (Å²) in [5.41, 5.74) is 4.52. The van der Waals surface area contributed by atoms with Crippen molar-refractivity contribution in [3.05, 3.63) is 72.1 Å². The first kappa shape index (κ1) is 19.7. The zero-order valence-electron chi connectivity index (χ0n) is 16.6. The highest BCUT2D eigenvalue weighted by Gasteiger charge is 2.16. The molecule has 9 heteroatoms. The van der Waals surface area contributed by atoms with Crippen LogP contribution in [0.3, 0.4) is 0 Å². The van der Waals surface area contributed by atoms with Gasteiger partial charge in [-0.2, -0.15) is 5.10 Å². The molecule has 0 saturated heterocycles. The fourth-order valence-corrected chi connectivity index (χ4v) is 3.77. The molecule has 2 aromatic carbocycles. The molecule has 152 valence electrons. The van der Waals surface area contributed by atoms with Gasteiger partial charge < -0.3 is 11.2 Å². The third kappa shape index (κ3) is 4.06. The first-order valence-corrected chi connectivity index (χ1v) is 10.3. The molecule has 0 spiro atoms. The van der Waals surface area contributed by atoms with Gasteiger partial charge in [-0.15, -0.1) is 10.2 Å². The molecule has 0 bridgehead atoms. The predicted molar refractivity (Wildman–Crippen MR) is 118 cm³/mol. The minimum atomic E-state index is -0.154. The number of nitrogens with two attached hydrogens (primary N) is 1. The lowest BCUT2D eigenvalue weighted by atomic mass is 10.0. The highest BCUT2D eigenvalue weighted by atomic mass is 32.2. The number of hydrogen-bond acceptors (Lipinski definition) is 6. The largest absolute Gasteiger partial charge is 0.334 e. The van der Waals surface area contributed by atoms with Crippen LogP contribution in [0, 0.1) is 13.8 Å². The average molecular weight is 420 g/mol. The summed E-state index contributed by atoms with van der Waals surface area (Å²) in [6, 6.07) is 19.6. The Morgan fingerprint density at radius 2 is 1.80 bits per heavy atom. The summed E-state index contributed by atoms with van der Waals surface area (Å²) in [4.78, 5) is 12.6. The minimum absolute atomic E-state index is 0.148. The number of aryl methyl sites for hydroxylation is 2. The van der Waals surface area contributed by atoms with E-state index in [1.54, 1.807) is 4.68 Å². The molecule has 0 aliphatic rings. The van der Waals surface area contributed by atoms with Crippen LogP contribution in [0.1, 0.15) is 11.4 Å². The Labute approximate surface area is 178 Å².